The largest absolute Gasteiger partial charge is 0.491 e. The van der Waals surface area contributed by atoms with Crippen LogP contribution in [-0.2, 0) is 0 Å². The maximum atomic E-state index is 13.3. The summed E-state index contributed by atoms with van der Waals surface area (Å²) in [6, 6.07) is 7.53. The third-order valence-electron chi connectivity index (χ3n) is 3.35. The Morgan fingerprint density at radius 1 is 1.45 bits per heavy atom. The summed E-state index contributed by atoms with van der Waals surface area (Å²) in [7, 11) is 0. The molecule has 0 bridgehead atoms. The molecule has 6 heteroatoms. The molecule has 1 aliphatic rings. The SMILES string of the molecule is CCSc1ccc(C(=O)N[C@@H]2COc3ccc(F)cc32)cn1. The Hall–Kier alpha value is -2.08. The summed E-state index contributed by atoms with van der Waals surface area (Å²) in [6.07, 6.45) is 1.55. The van der Waals surface area contributed by atoms with E-state index in [1.807, 2.05) is 13.0 Å². The first-order chi connectivity index (χ1) is 10.7. The minimum atomic E-state index is -0.345. The van der Waals surface area contributed by atoms with Crippen molar-refractivity contribution in [2.45, 2.75) is 18.0 Å². The van der Waals surface area contributed by atoms with E-state index in [4.69, 9.17) is 4.74 Å². The molecule has 0 radical (unpaired) electrons. The first kappa shape index (κ1) is 14.8. The Morgan fingerprint density at radius 2 is 2.32 bits per heavy atom. The van der Waals surface area contributed by atoms with Crippen molar-refractivity contribution in [2.75, 3.05) is 12.4 Å². The quantitative estimate of drug-likeness (QED) is 0.880. The van der Waals surface area contributed by atoms with Crippen LogP contribution in [-0.4, -0.2) is 23.3 Å². The van der Waals surface area contributed by atoms with Crippen molar-refractivity contribution in [3.63, 3.8) is 0 Å². The molecular formula is C16H15FN2O2S. The van der Waals surface area contributed by atoms with Crippen LogP contribution in [0.25, 0.3) is 0 Å². The summed E-state index contributed by atoms with van der Waals surface area (Å²) < 4.78 is 18.8. The molecule has 1 aliphatic heterocycles. The topological polar surface area (TPSA) is 51.2 Å². The lowest BCUT2D eigenvalue weighted by Crippen LogP contribution is -2.29. The summed E-state index contributed by atoms with van der Waals surface area (Å²) in [4.78, 5) is 16.5. The number of thioether (sulfide) groups is 1. The van der Waals surface area contributed by atoms with Crippen LogP contribution in [0.2, 0.25) is 0 Å². The normalized spacial score (nSPS) is 16.0. The number of fused-ring (bicyclic) bond motifs is 1. The van der Waals surface area contributed by atoms with E-state index >= 15 is 0 Å². The van der Waals surface area contributed by atoms with E-state index < -0.39 is 0 Å². The minimum Gasteiger partial charge on any atom is -0.491 e. The predicted molar refractivity (Wildman–Crippen MR) is 82.7 cm³/mol. The van der Waals surface area contributed by atoms with Gasteiger partial charge in [0, 0.05) is 11.8 Å². The van der Waals surface area contributed by atoms with Gasteiger partial charge >= 0.3 is 0 Å². The van der Waals surface area contributed by atoms with Crippen molar-refractivity contribution in [2.24, 2.45) is 0 Å². The highest BCUT2D eigenvalue weighted by atomic mass is 32.2. The molecule has 1 atom stereocenters. The van der Waals surface area contributed by atoms with E-state index in [2.05, 4.69) is 10.3 Å². The van der Waals surface area contributed by atoms with Crippen molar-refractivity contribution in [3.8, 4) is 5.75 Å². The maximum absolute atomic E-state index is 13.3. The monoisotopic (exact) mass is 318 g/mol. The van der Waals surface area contributed by atoms with Crippen LogP contribution in [0.1, 0.15) is 28.9 Å². The number of halogens is 1. The highest BCUT2D eigenvalue weighted by Crippen LogP contribution is 2.32. The number of rotatable bonds is 4. The average Bonchev–Trinajstić information content (AvgIpc) is 2.90. The smallest absolute Gasteiger partial charge is 0.253 e. The van der Waals surface area contributed by atoms with Gasteiger partial charge in [0.15, 0.2) is 0 Å². The molecule has 0 spiro atoms. The molecule has 114 valence electrons. The Labute approximate surface area is 132 Å². The van der Waals surface area contributed by atoms with E-state index in [1.165, 1.54) is 12.1 Å². The van der Waals surface area contributed by atoms with E-state index in [9.17, 15) is 9.18 Å². The summed E-state index contributed by atoms with van der Waals surface area (Å²) in [5, 5.41) is 3.74. The standard InChI is InChI=1S/C16H15FN2O2S/c1-2-22-15-6-3-10(8-18-15)16(20)19-13-9-21-14-5-4-11(17)7-12(13)14/h3-8,13H,2,9H2,1H3,(H,19,20)/t13-/m1/s1. The van der Waals surface area contributed by atoms with Gasteiger partial charge in [-0.2, -0.15) is 0 Å². The number of pyridine rings is 1. The zero-order valence-corrected chi connectivity index (χ0v) is 12.8. The molecule has 1 amide bonds. The Kier molecular flexibility index (Phi) is 4.29. The van der Waals surface area contributed by atoms with Gasteiger partial charge < -0.3 is 10.1 Å². The number of carbonyl (C=O) groups excluding carboxylic acids is 1. The zero-order valence-electron chi connectivity index (χ0n) is 12.0. The Morgan fingerprint density at radius 3 is 3.05 bits per heavy atom. The van der Waals surface area contributed by atoms with E-state index in [0.717, 1.165) is 10.8 Å². The van der Waals surface area contributed by atoms with Crippen LogP contribution in [0.4, 0.5) is 4.39 Å². The van der Waals surface area contributed by atoms with E-state index in [1.54, 1.807) is 30.1 Å². The number of carbonyl (C=O) groups is 1. The third-order valence-corrected chi connectivity index (χ3v) is 4.17. The van der Waals surface area contributed by atoms with Crippen LogP contribution in [0.5, 0.6) is 5.75 Å². The molecule has 0 unspecified atom stereocenters. The molecule has 0 fully saturated rings. The van der Waals surface area contributed by atoms with Gasteiger partial charge in [-0.05, 0) is 36.1 Å². The maximum Gasteiger partial charge on any atom is 0.253 e. The molecule has 2 aromatic rings. The number of hydrogen-bond acceptors (Lipinski definition) is 4. The molecular weight excluding hydrogens is 303 g/mol. The minimum absolute atomic E-state index is 0.244. The fourth-order valence-corrected chi connectivity index (χ4v) is 2.88. The second-order valence-corrected chi connectivity index (χ2v) is 6.12. The van der Waals surface area contributed by atoms with Crippen LogP contribution >= 0.6 is 11.8 Å². The van der Waals surface area contributed by atoms with Crippen LogP contribution in [0.3, 0.4) is 0 Å². The van der Waals surface area contributed by atoms with Gasteiger partial charge in [0.2, 0.25) is 0 Å². The number of amides is 1. The van der Waals surface area contributed by atoms with Gasteiger partial charge in [0.1, 0.15) is 18.2 Å². The second-order valence-electron chi connectivity index (χ2n) is 4.84. The summed E-state index contributed by atoms with van der Waals surface area (Å²) >= 11 is 1.62. The van der Waals surface area contributed by atoms with Gasteiger partial charge in [0.25, 0.3) is 5.91 Å². The summed E-state index contributed by atoms with van der Waals surface area (Å²) in [6.45, 7) is 2.35. The Bertz CT molecular complexity index is 691. The molecule has 0 saturated carbocycles. The van der Waals surface area contributed by atoms with Crippen molar-refractivity contribution >= 4 is 17.7 Å². The molecule has 0 aliphatic carbocycles. The number of ether oxygens (including phenoxy) is 1. The number of nitrogens with zero attached hydrogens (tertiary/aromatic N) is 1. The second kappa shape index (κ2) is 6.36. The number of hydrogen-bond donors (Lipinski definition) is 1. The first-order valence-electron chi connectivity index (χ1n) is 6.99. The lowest BCUT2D eigenvalue weighted by Gasteiger charge is -2.12. The van der Waals surface area contributed by atoms with Crippen molar-refractivity contribution < 1.29 is 13.9 Å². The van der Waals surface area contributed by atoms with E-state index in [0.29, 0.717) is 23.5 Å². The van der Waals surface area contributed by atoms with Gasteiger partial charge in [-0.3, -0.25) is 4.79 Å². The van der Waals surface area contributed by atoms with Crippen molar-refractivity contribution in [1.29, 1.82) is 0 Å². The Balaban J connectivity index is 1.72. The average molecular weight is 318 g/mol. The lowest BCUT2D eigenvalue weighted by atomic mass is 10.1. The molecule has 1 aromatic carbocycles. The van der Waals surface area contributed by atoms with E-state index in [-0.39, 0.29) is 17.8 Å². The van der Waals surface area contributed by atoms with Crippen LogP contribution in [0.15, 0.2) is 41.6 Å². The molecule has 0 saturated heterocycles. The van der Waals surface area contributed by atoms with Crippen LogP contribution < -0.4 is 10.1 Å². The fraction of sp³-hybridized carbons (Fsp3) is 0.250. The molecule has 2 heterocycles. The van der Waals surface area contributed by atoms with Crippen molar-refractivity contribution in [3.05, 3.63) is 53.5 Å². The molecule has 22 heavy (non-hydrogen) atoms. The van der Waals surface area contributed by atoms with Gasteiger partial charge in [0.05, 0.1) is 16.6 Å². The highest BCUT2D eigenvalue weighted by Gasteiger charge is 2.26. The molecule has 1 aromatic heterocycles. The zero-order chi connectivity index (χ0) is 15.5. The molecule has 4 nitrogen and oxygen atoms in total. The molecule has 1 N–H and O–H groups in total. The third kappa shape index (κ3) is 3.06. The highest BCUT2D eigenvalue weighted by molar-refractivity contribution is 7.99. The predicted octanol–water partition coefficient (Wildman–Crippen LogP) is 3.20. The number of aromatic nitrogens is 1. The van der Waals surface area contributed by atoms with Gasteiger partial charge in [-0.25, -0.2) is 9.37 Å². The summed E-state index contributed by atoms with van der Waals surface area (Å²) in [5.41, 5.74) is 1.14. The number of nitrogens with one attached hydrogen (secondary N) is 1. The van der Waals surface area contributed by atoms with Gasteiger partial charge in [-0.1, -0.05) is 6.92 Å². The van der Waals surface area contributed by atoms with Crippen molar-refractivity contribution in [1.82, 2.24) is 10.3 Å². The first-order valence-corrected chi connectivity index (χ1v) is 7.98. The number of benzene rings is 1. The lowest BCUT2D eigenvalue weighted by molar-refractivity contribution is 0.0930. The van der Waals surface area contributed by atoms with Crippen LogP contribution in [0, 0.1) is 5.82 Å². The summed E-state index contributed by atoms with van der Waals surface area (Å²) in [5.74, 6) is 0.956. The molecule has 3 rings (SSSR count). The fourth-order valence-electron chi connectivity index (χ4n) is 2.29. The van der Waals surface area contributed by atoms with Gasteiger partial charge in [-0.15, -0.1) is 11.8 Å².